The average Bonchev–Trinajstić information content (AvgIpc) is 2.79. The largest absolute Gasteiger partial charge is 0.379 e. The van der Waals surface area contributed by atoms with Crippen molar-refractivity contribution in [3.05, 3.63) is 101 Å². The van der Waals surface area contributed by atoms with Gasteiger partial charge < -0.3 is 9.50 Å². The highest BCUT2D eigenvalue weighted by atomic mass is 32.2. The molecule has 1 aromatic heterocycles. The Kier molecular flexibility index (Phi) is 5.52. The first-order valence-electron chi connectivity index (χ1n) is 9.28. The van der Waals surface area contributed by atoms with Gasteiger partial charge in [0.25, 0.3) is 11.6 Å². The number of nitro benzene ring substituents is 1. The Morgan fingerprint density at radius 2 is 1.69 bits per heavy atom. The minimum atomic E-state index is -4.29. The van der Waals surface area contributed by atoms with Gasteiger partial charge in [-0.25, -0.2) is 4.98 Å². The molecule has 160 valence electrons. The molecular formula is C22H15N3O6S. The number of rotatable bonds is 6. The van der Waals surface area contributed by atoms with Gasteiger partial charge in [0.1, 0.15) is 16.5 Å². The maximum absolute atomic E-state index is 12.5. The summed E-state index contributed by atoms with van der Waals surface area (Å²) in [6, 6.07) is 21.0. The normalized spacial score (nSPS) is 11.1. The van der Waals surface area contributed by atoms with E-state index >= 15 is 0 Å². The van der Waals surface area contributed by atoms with Crippen molar-refractivity contribution in [1.82, 2.24) is 4.98 Å². The summed E-state index contributed by atoms with van der Waals surface area (Å²) in [4.78, 5) is 26.7. The van der Waals surface area contributed by atoms with Gasteiger partial charge in [-0.15, -0.1) is 0 Å². The van der Waals surface area contributed by atoms with Gasteiger partial charge in [-0.05, 0) is 48.5 Å². The first-order valence-corrected chi connectivity index (χ1v) is 10.7. The highest BCUT2D eigenvalue weighted by Crippen LogP contribution is 2.23. The number of non-ortho nitro benzene ring substituents is 1. The lowest BCUT2D eigenvalue weighted by Gasteiger charge is -2.08. The standard InChI is InChI=1S/C22H15N3O6S/c26-22(24-21-13-10-15-4-1-2-7-20(15)23-21)16-8-11-18(12-9-16)31-32(29,30)19-6-3-5-17(14-19)25(27)28/h1-14H,(H,23,24,26). The van der Waals surface area contributed by atoms with Crippen LogP contribution in [-0.4, -0.2) is 24.2 Å². The molecule has 0 unspecified atom stereocenters. The number of aromatic nitrogens is 1. The molecule has 4 rings (SSSR count). The quantitative estimate of drug-likeness (QED) is 0.266. The lowest BCUT2D eigenvalue weighted by atomic mass is 10.2. The van der Waals surface area contributed by atoms with Crippen LogP contribution in [0.25, 0.3) is 10.9 Å². The molecule has 10 heteroatoms. The van der Waals surface area contributed by atoms with Gasteiger partial charge in [0.2, 0.25) is 0 Å². The number of hydrogen-bond donors (Lipinski definition) is 1. The Labute approximate surface area is 182 Å². The molecule has 32 heavy (non-hydrogen) atoms. The third-order valence-corrected chi connectivity index (χ3v) is 5.72. The van der Waals surface area contributed by atoms with Gasteiger partial charge >= 0.3 is 10.1 Å². The van der Waals surface area contributed by atoms with Crippen molar-refractivity contribution in [1.29, 1.82) is 0 Å². The molecule has 0 fully saturated rings. The maximum Gasteiger partial charge on any atom is 0.339 e. The molecule has 3 aromatic carbocycles. The molecule has 0 radical (unpaired) electrons. The van der Waals surface area contributed by atoms with Crippen LogP contribution in [0.15, 0.2) is 89.8 Å². The predicted molar refractivity (Wildman–Crippen MR) is 117 cm³/mol. The lowest BCUT2D eigenvalue weighted by Crippen LogP contribution is -2.13. The second-order valence-corrected chi connectivity index (χ2v) is 8.21. The van der Waals surface area contributed by atoms with Crippen LogP contribution in [0, 0.1) is 10.1 Å². The lowest BCUT2D eigenvalue weighted by molar-refractivity contribution is -0.385. The molecule has 0 aliphatic carbocycles. The van der Waals surface area contributed by atoms with Crippen LogP contribution >= 0.6 is 0 Å². The zero-order valence-corrected chi connectivity index (χ0v) is 17.2. The number of carbonyl (C=O) groups is 1. The molecular weight excluding hydrogens is 434 g/mol. The first-order chi connectivity index (χ1) is 15.3. The summed E-state index contributed by atoms with van der Waals surface area (Å²) < 4.78 is 29.9. The zero-order chi connectivity index (χ0) is 22.7. The number of pyridine rings is 1. The van der Waals surface area contributed by atoms with E-state index in [2.05, 4.69) is 10.3 Å². The van der Waals surface area contributed by atoms with Crippen molar-refractivity contribution in [3.8, 4) is 5.75 Å². The fraction of sp³-hybridized carbons (Fsp3) is 0. The van der Waals surface area contributed by atoms with Gasteiger partial charge in [-0.2, -0.15) is 8.42 Å². The number of amides is 1. The highest BCUT2D eigenvalue weighted by Gasteiger charge is 2.20. The van der Waals surface area contributed by atoms with Gasteiger partial charge in [0.15, 0.2) is 0 Å². The second-order valence-electron chi connectivity index (χ2n) is 6.66. The van der Waals surface area contributed by atoms with Crippen molar-refractivity contribution >= 4 is 38.4 Å². The molecule has 1 heterocycles. The van der Waals surface area contributed by atoms with E-state index in [0.717, 1.165) is 17.0 Å². The van der Waals surface area contributed by atoms with E-state index in [-0.39, 0.29) is 21.9 Å². The van der Waals surface area contributed by atoms with Gasteiger partial charge in [0.05, 0.1) is 10.4 Å². The molecule has 0 bridgehead atoms. The Bertz CT molecular complexity index is 1440. The number of nitro groups is 1. The zero-order valence-electron chi connectivity index (χ0n) is 16.3. The molecule has 1 amide bonds. The smallest absolute Gasteiger partial charge is 0.339 e. The third kappa shape index (κ3) is 4.55. The fourth-order valence-corrected chi connectivity index (χ4v) is 3.88. The minimum absolute atomic E-state index is 0.0445. The number of nitrogens with one attached hydrogen (secondary N) is 1. The van der Waals surface area contributed by atoms with E-state index in [1.165, 1.54) is 42.5 Å². The van der Waals surface area contributed by atoms with E-state index in [0.29, 0.717) is 5.82 Å². The number of carbonyl (C=O) groups excluding carboxylic acids is 1. The molecule has 4 aromatic rings. The SMILES string of the molecule is O=C(Nc1ccc2ccccc2n1)c1ccc(OS(=O)(=O)c2cccc([N+](=O)[O-])c2)cc1. The van der Waals surface area contributed by atoms with E-state index in [9.17, 15) is 23.3 Å². The number of para-hydroxylation sites is 1. The van der Waals surface area contributed by atoms with Crippen molar-refractivity contribution in [2.24, 2.45) is 0 Å². The van der Waals surface area contributed by atoms with Crippen LogP contribution in [0.3, 0.4) is 0 Å². The topological polar surface area (TPSA) is 128 Å². The van der Waals surface area contributed by atoms with Crippen molar-refractivity contribution < 1.29 is 22.3 Å². The highest BCUT2D eigenvalue weighted by molar-refractivity contribution is 7.87. The van der Waals surface area contributed by atoms with Crippen LogP contribution in [-0.2, 0) is 10.1 Å². The molecule has 0 atom stereocenters. The Morgan fingerprint density at radius 3 is 2.44 bits per heavy atom. The summed E-state index contributed by atoms with van der Waals surface area (Å²) in [6.07, 6.45) is 0. The molecule has 0 spiro atoms. The van der Waals surface area contributed by atoms with Crippen molar-refractivity contribution in [2.45, 2.75) is 4.90 Å². The third-order valence-electron chi connectivity index (χ3n) is 4.48. The number of nitrogens with zero attached hydrogens (tertiary/aromatic N) is 2. The summed E-state index contributed by atoms with van der Waals surface area (Å²) in [6.45, 7) is 0. The van der Waals surface area contributed by atoms with Crippen LogP contribution in [0.5, 0.6) is 5.75 Å². The monoisotopic (exact) mass is 449 g/mol. The van der Waals surface area contributed by atoms with Crippen LogP contribution < -0.4 is 9.50 Å². The fourth-order valence-electron chi connectivity index (χ4n) is 2.91. The number of anilines is 1. The van der Waals surface area contributed by atoms with Gasteiger partial charge in [0, 0.05) is 23.1 Å². The van der Waals surface area contributed by atoms with Gasteiger partial charge in [-0.1, -0.05) is 24.3 Å². The van der Waals surface area contributed by atoms with E-state index in [1.54, 1.807) is 6.07 Å². The number of benzene rings is 3. The predicted octanol–water partition coefficient (Wildman–Crippen LogP) is 4.16. The summed E-state index contributed by atoms with van der Waals surface area (Å²) in [5, 5.41) is 14.5. The second kappa shape index (κ2) is 8.44. The van der Waals surface area contributed by atoms with Gasteiger partial charge in [-0.3, -0.25) is 14.9 Å². The number of hydrogen-bond acceptors (Lipinski definition) is 7. The van der Waals surface area contributed by atoms with E-state index < -0.39 is 20.9 Å². The molecule has 0 saturated heterocycles. The van der Waals surface area contributed by atoms with Crippen molar-refractivity contribution in [2.75, 3.05) is 5.32 Å². The number of fused-ring (bicyclic) bond motifs is 1. The first kappa shape index (κ1) is 20.9. The molecule has 0 saturated carbocycles. The Morgan fingerprint density at radius 1 is 0.938 bits per heavy atom. The molecule has 0 aliphatic heterocycles. The summed E-state index contributed by atoms with van der Waals surface area (Å²) in [7, 11) is -4.29. The van der Waals surface area contributed by atoms with Crippen LogP contribution in [0.2, 0.25) is 0 Å². The Hall–Kier alpha value is -4.31. The average molecular weight is 449 g/mol. The summed E-state index contributed by atoms with van der Waals surface area (Å²) in [5.74, 6) is -0.0972. The molecule has 9 nitrogen and oxygen atoms in total. The summed E-state index contributed by atoms with van der Waals surface area (Å²) >= 11 is 0. The molecule has 0 aliphatic rings. The van der Waals surface area contributed by atoms with Crippen LogP contribution in [0.4, 0.5) is 11.5 Å². The van der Waals surface area contributed by atoms with E-state index in [1.807, 2.05) is 30.3 Å². The minimum Gasteiger partial charge on any atom is -0.379 e. The van der Waals surface area contributed by atoms with Crippen LogP contribution in [0.1, 0.15) is 10.4 Å². The maximum atomic E-state index is 12.5. The van der Waals surface area contributed by atoms with Crippen molar-refractivity contribution in [3.63, 3.8) is 0 Å². The molecule has 1 N–H and O–H groups in total. The van der Waals surface area contributed by atoms with E-state index in [4.69, 9.17) is 4.18 Å². The Balaban J connectivity index is 1.48. The summed E-state index contributed by atoms with van der Waals surface area (Å²) in [5.41, 5.74) is 0.629.